The van der Waals surface area contributed by atoms with Gasteiger partial charge in [-0.2, -0.15) is 8.42 Å². The van der Waals surface area contributed by atoms with Crippen LogP contribution >= 0.6 is 0 Å². The van der Waals surface area contributed by atoms with Gasteiger partial charge in [0.2, 0.25) is 0 Å². The number of carboxylic acid groups (broad SMARTS) is 1. The lowest BCUT2D eigenvalue weighted by molar-refractivity contribution is -0.255. The molecule has 0 aliphatic rings. The second kappa shape index (κ2) is 4.04. The first-order valence-corrected chi connectivity index (χ1v) is 5.07. The highest BCUT2D eigenvalue weighted by atomic mass is 32.2. The SMILES string of the molecule is O=C=NS(=O)(=O)c1ccccc1C(=O)[O-]. The van der Waals surface area contributed by atoms with Crippen molar-refractivity contribution < 1.29 is 23.1 Å². The van der Waals surface area contributed by atoms with Crippen molar-refractivity contribution in [1.82, 2.24) is 0 Å². The Bertz CT molecular complexity index is 542. The Morgan fingerprint density at radius 2 is 1.93 bits per heavy atom. The number of hydrogen-bond donors (Lipinski definition) is 0. The van der Waals surface area contributed by atoms with E-state index in [1.54, 1.807) is 0 Å². The highest BCUT2D eigenvalue weighted by Gasteiger charge is 2.17. The topological polar surface area (TPSA) is 104 Å². The van der Waals surface area contributed by atoms with E-state index in [9.17, 15) is 23.1 Å². The summed E-state index contributed by atoms with van der Waals surface area (Å²) in [6.45, 7) is 0. The smallest absolute Gasteiger partial charge is 0.293 e. The average Bonchev–Trinajstić information content (AvgIpc) is 2.17. The first kappa shape index (κ1) is 11.1. The summed E-state index contributed by atoms with van der Waals surface area (Å²) in [7, 11) is -4.31. The molecule has 0 aromatic heterocycles. The molecule has 0 unspecified atom stereocenters. The van der Waals surface area contributed by atoms with E-state index in [0.29, 0.717) is 0 Å². The van der Waals surface area contributed by atoms with Crippen LogP contribution < -0.4 is 5.11 Å². The fourth-order valence-corrected chi connectivity index (χ4v) is 1.83. The molecule has 0 radical (unpaired) electrons. The summed E-state index contributed by atoms with van der Waals surface area (Å²) in [6, 6.07) is 4.69. The molecule has 6 nitrogen and oxygen atoms in total. The molecule has 1 rings (SSSR count). The van der Waals surface area contributed by atoms with Gasteiger partial charge < -0.3 is 9.90 Å². The molecule has 15 heavy (non-hydrogen) atoms. The van der Waals surface area contributed by atoms with Crippen molar-refractivity contribution in [1.29, 1.82) is 0 Å². The van der Waals surface area contributed by atoms with Gasteiger partial charge in [0.05, 0.1) is 10.9 Å². The summed E-state index contributed by atoms with van der Waals surface area (Å²) in [4.78, 5) is 19.8. The van der Waals surface area contributed by atoms with Gasteiger partial charge in [-0.3, -0.25) is 0 Å². The van der Waals surface area contributed by atoms with Gasteiger partial charge in [0, 0.05) is 5.56 Å². The van der Waals surface area contributed by atoms with Gasteiger partial charge in [0.1, 0.15) is 0 Å². The van der Waals surface area contributed by atoms with E-state index in [1.807, 2.05) is 0 Å². The van der Waals surface area contributed by atoms with Crippen molar-refractivity contribution in [3.05, 3.63) is 29.8 Å². The summed E-state index contributed by atoms with van der Waals surface area (Å²) in [5.74, 6) is -1.66. The van der Waals surface area contributed by atoms with Crippen molar-refractivity contribution in [2.45, 2.75) is 4.90 Å². The highest BCUT2D eigenvalue weighted by molar-refractivity contribution is 7.90. The molecule has 78 valence electrons. The van der Waals surface area contributed by atoms with Gasteiger partial charge in [-0.1, -0.05) is 22.6 Å². The molecule has 0 aliphatic heterocycles. The van der Waals surface area contributed by atoms with Gasteiger partial charge in [-0.05, 0) is 6.07 Å². The summed E-state index contributed by atoms with van der Waals surface area (Å²) in [5, 5.41) is 10.6. The van der Waals surface area contributed by atoms with E-state index in [0.717, 1.165) is 18.2 Å². The van der Waals surface area contributed by atoms with Gasteiger partial charge in [0.15, 0.2) is 0 Å². The molecule has 0 heterocycles. The number of sulfonamides is 1. The maximum Gasteiger partial charge on any atom is 0.293 e. The molecule has 0 fully saturated rings. The van der Waals surface area contributed by atoms with Crippen LogP contribution in [0.1, 0.15) is 10.4 Å². The van der Waals surface area contributed by atoms with Gasteiger partial charge in [-0.25, -0.2) is 4.79 Å². The number of isocyanates is 1. The molecule has 1 aromatic carbocycles. The standard InChI is InChI=1S/C8H5NO5S/c10-5-9-15(13,14)7-4-2-1-3-6(7)8(11)12/h1-4H,(H,11,12)/p-1. The Morgan fingerprint density at radius 3 is 2.47 bits per heavy atom. The van der Waals surface area contributed by atoms with Crippen LogP contribution in [-0.2, 0) is 14.8 Å². The van der Waals surface area contributed by atoms with Crippen molar-refractivity contribution in [3.63, 3.8) is 0 Å². The van der Waals surface area contributed by atoms with Crippen LogP contribution in [0.5, 0.6) is 0 Å². The summed E-state index contributed by atoms with van der Waals surface area (Å²) in [6.07, 6.45) is 0.846. The van der Waals surface area contributed by atoms with E-state index >= 15 is 0 Å². The molecule has 0 bridgehead atoms. The third-order valence-electron chi connectivity index (χ3n) is 1.54. The quantitative estimate of drug-likeness (QED) is 0.489. The second-order valence-electron chi connectivity index (χ2n) is 2.44. The molecule has 0 spiro atoms. The minimum atomic E-state index is -4.31. The van der Waals surface area contributed by atoms with Crippen molar-refractivity contribution in [2.24, 2.45) is 4.40 Å². The Morgan fingerprint density at radius 1 is 1.33 bits per heavy atom. The van der Waals surface area contributed by atoms with Crippen LogP contribution in [0.25, 0.3) is 0 Å². The van der Waals surface area contributed by atoms with Crippen LogP contribution in [0, 0.1) is 0 Å². The zero-order valence-corrected chi connectivity index (χ0v) is 8.02. The fraction of sp³-hybridized carbons (Fsp3) is 0. The van der Waals surface area contributed by atoms with E-state index in [4.69, 9.17) is 0 Å². The number of hydrogen-bond acceptors (Lipinski definition) is 5. The van der Waals surface area contributed by atoms with Crippen LogP contribution in [0.4, 0.5) is 0 Å². The van der Waals surface area contributed by atoms with E-state index in [1.165, 1.54) is 12.1 Å². The number of nitrogens with zero attached hydrogens (tertiary/aromatic N) is 1. The van der Waals surface area contributed by atoms with E-state index in [-0.39, 0.29) is 0 Å². The van der Waals surface area contributed by atoms with Crippen molar-refractivity contribution in [3.8, 4) is 0 Å². The predicted octanol–water partition coefficient (Wildman–Crippen LogP) is -0.925. The van der Waals surface area contributed by atoms with E-state index < -0.39 is 26.5 Å². The zero-order valence-electron chi connectivity index (χ0n) is 7.21. The number of rotatable bonds is 3. The molecule has 7 heteroatoms. The second-order valence-corrected chi connectivity index (χ2v) is 4.01. The number of carboxylic acids is 1. The van der Waals surface area contributed by atoms with E-state index in [2.05, 4.69) is 4.40 Å². The fourth-order valence-electron chi connectivity index (χ4n) is 0.958. The number of benzene rings is 1. The molecule has 0 saturated carbocycles. The molecule has 0 amide bonds. The summed E-state index contributed by atoms with van der Waals surface area (Å²) in [5.41, 5.74) is -0.545. The molecule has 0 atom stereocenters. The summed E-state index contributed by atoms with van der Waals surface area (Å²) >= 11 is 0. The average molecular weight is 226 g/mol. The maximum atomic E-state index is 11.2. The minimum Gasteiger partial charge on any atom is -0.545 e. The third kappa shape index (κ3) is 2.28. The zero-order chi connectivity index (χ0) is 11.5. The Balaban J connectivity index is 3.51. The highest BCUT2D eigenvalue weighted by Crippen LogP contribution is 2.16. The van der Waals surface area contributed by atoms with Crippen LogP contribution in [0.3, 0.4) is 0 Å². The number of carbonyl (C=O) groups is 1. The van der Waals surface area contributed by atoms with Gasteiger partial charge in [-0.15, -0.1) is 0 Å². The Labute approximate surface area is 84.9 Å². The lowest BCUT2D eigenvalue weighted by Crippen LogP contribution is -2.24. The van der Waals surface area contributed by atoms with Gasteiger partial charge >= 0.3 is 0 Å². The van der Waals surface area contributed by atoms with Crippen LogP contribution in [0.15, 0.2) is 33.6 Å². The molecule has 1 aromatic rings. The molecule has 0 N–H and O–H groups in total. The summed E-state index contributed by atoms with van der Waals surface area (Å²) < 4.78 is 25.0. The Kier molecular flexibility index (Phi) is 2.99. The van der Waals surface area contributed by atoms with Crippen LogP contribution in [-0.4, -0.2) is 20.5 Å². The largest absolute Gasteiger partial charge is 0.545 e. The van der Waals surface area contributed by atoms with Crippen LogP contribution in [0.2, 0.25) is 0 Å². The van der Waals surface area contributed by atoms with Crippen molar-refractivity contribution in [2.75, 3.05) is 0 Å². The minimum absolute atomic E-state index is 0.545. The first-order valence-electron chi connectivity index (χ1n) is 3.63. The lowest BCUT2D eigenvalue weighted by Gasteiger charge is -2.06. The number of carbonyl (C=O) groups excluding carboxylic acids is 2. The molecular formula is C8H4NO5S-. The predicted molar refractivity (Wildman–Crippen MR) is 46.1 cm³/mol. The lowest BCUT2D eigenvalue weighted by atomic mass is 10.2. The molecule has 0 aliphatic carbocycles. The van der Waals surface area contributed by atoms with Crippen molar-refractivity contribution >= 4 is 22.1 Å². The maximum absolute atomic E-state index is 11.2. The monoisotopic (exact) mass is 226 g/mol. The molecular weight excluding hydrogens is 222 g/mol. The Hall–Kier alpha value is -1.98. The number of aromatic carboxylic acids is 1. The first-order chi connectivity index (χ1) is 6.99. The third-order valence-corrected chi connectivity index (χ3v) is 2.77. The normalized spacial score (nSPS) is 10.4. The van der Waals surface area contributed by atoms with Gasteiger partial charge in [0.25, 0.3) is 16.1 Å². The molecule has 0 saturated heterocycles.